The molecular weight excluding hydrogens is 428 g/mol. The molecule has 0 unspecified atom stereocenters. The van der Waals surface area contributed by atoms with Crippen LogP contribution in [0.15, 0.2) is 23.3 Å². The standard InChI is InChI=1S/C19H26N4O7S/c1-12-8-17(27)23(12)11-19(2,31(29)30)10-21-22-16(26)4-3-7-20-18(28)13-5-6-14(24)15(25)9-13/h5-6,9-10,12,24-25,31H,3-4,7-8,11H2,1-2H3,(H,20,28)(H,22,26)/b21-10+/t12-,19+/m1/s1. The van der Waals surface area contributed by atoms with Crippen LogP contribution in [0.5, 0.6) is 11.5 Å². The number of β-lactam (4-membered cyclic amide) rings is 1. The van der Waals surface area contributed by atoms with Gasteiger partial charge in [0, 0.05) is 43.8 Å². The molecule has 0 radical (unpaired) electrons. The molecule has 31 heavy (non-hydrogen) atoms. The van der Waals surface area contributed by atoms with E-state index in [0.29, 0.717) is 12.8 Å². The van der Waals surface area contributed by atoms with E-state index in [4.69, 9.17) is 0 Å². The third-order valence-electron chi connectivity index (χ3n) is 4.87. The molecule has 1 aromatic carbocycles. The maximum atomic E-state index is 11.9. The number of carbonyl (C=O) groups is 3. The first-order valence-corrected chi connectivity index (χ1v) is 10.8. The Hall–Kier alpha value is -3.15. The molecule has 2 atom stereocenters. The van der Waals surface area contributed by atoms with Gasteiger partial charge in [-0.05, 0) is 38.5 Å². The van der Waals surface area contributed by atoms with Gasteiger partial charge in [-0.25, -0.2) is 13.8 Å². The Morgan fingerprint density at radius 2 is 2.03 bits per heavy atom. The average molecular weight is 455 g/mol. The lowest BCUT2D eigenvalue weighted by molar-refractivity contribution is -0.145. The van der Waals surface area contributed by atoms with Crippen molar-refractivity contribution in [2.45, 2.75) is 43.9 Å². The third-order valence-corrected chi connectivity index (χ3v) is 5.96. The summed E-state index contributed by atoms with van der Waals surface area (Å²) in [6.07, 6.45) is 1.81. The lowest BCUT2D eigenvalue weighted by Crippen LogP contribution is -2.57. The number of nitrogens with zero attached hydrogens (tertiary/aromatic N) is 2. The highest BCUT2D eigenvalue weighted by molar-refractivity contribution is 7.75. The van der Waals surface area contributed by atoms with E-state index >= 15 is 0 Å². The summed E-state index contributed by atoms with van der Waals surface area (Å²) in [5.41, 5.74) is 2.40. The predicted octanol–water partition coefficient (Wildman–Crippen LogP) is -0.299. The van der Waals surface area contributed by atoms with Crippen LogP contribution < -0.4 is 10.7 Å². The SMILES string of the molecule is C[C@@H]1CC(=O)N1C[C@](C)(/C=N/NC(=O)CCCNC(=O)c1ccc(O)c(O)c1)[SH](=O)=O. The molecule has 0 spiro atoms. The lowest BCUT2D eigenvalue weighted by atomic mass is 10.0. The van der Waals surface area contributed by atoms with E-state index in [1.807, 2.05) is 6.92 Å². The number of hydrogen-bond donors (Lipinski definition) is 5. The molecule has 1 heterocycles. The van der Waals surface area contributed by atoms with Gasteiger partial charge >= 0.3 is 0 Å². The van der Waals surface area contributed by atoms with Crippen molar-refractivity contribution in [3.05, 3.63) is 23.8 Å². The van der Waals surface area contributed by atoms with Gasteiger partial charge in [-0.15, -0.1) is 0 Å². The highest BCUT2D eigenvalue weighted by Gasteiger charge is 2.39. The molecule has 0 aromatic heterocycles. The van der Waals surface area contributed by atoms with Gasteiger partial charge in [0.05, 0.1) is 0 Å². The number of likely N-dealkylation sites (tertiary alicyclic amines) is 1. The van der Waals surface area contributed by atoms with Crippen LogP contribution in [0.1, 0.15) is 43.5 Å². The van der Waals surface area contributed by atoms with Crippen LogP contribution in [0.3, 0.4) is 0 Å². The van der Waals surface area contributed by atoms with Gasteiger partial charge < -0.3 is 20.4 Å². The predicted molar refractivity (Wildman–Crippen MR) is 112 cm³/mol. The van der Waals surface area contributed by atoms with Gasteiger partial charge in [0.15, 0.2) is 22.2 Å². The molecule has 11 nitrogen and oxygen atoms in total. The Morgan fingerprint density at radius 1 is 1.32 bits per heavy atom. The molecular formula is C19H26N4O7S. The summed E-state index contributed by atoms with van der Waals surface area (Å²) in [5, 5.41) is 24.9. The second-order valence-corrected chi connectivity index (χ2v) is 9.08. The number of carbonyl (C=O) groups excluding carboxylic acids is 3. The lowest BCUT2D eigenvalue weighted by Gasteiger charge is -2.41. The number of amides is 3. The maximum absolute atomic E-state index is 11.9. The van der Waals surface area contributed by atoms with Crippen molar-refractivity contribution in [3.8, 4) is 11.5 Å². The largest absolute Gasteiger partial charge is 0.504 e. The fourth-order valence-electron chi connectivity index (χ4n) is 2.86. The van der Waals surface area contributed by atoms with Crippen LogP contribution in [0, 0.1) is 0 Å². The fourth-order valence-corrected chi connectivity index (χ4v) is 3.28. The number of aromatic hydroxyl groups is 2. The summed E-state index contributed by atoms with van der Waals surface area (Å²) in [4.78, 5) is 36.9. The molecule has 0 bridgehead atoms. The summed E-state index contributed by atoms with van der Waals surface area (Å²) in [7, 11) is -2.94. The second kappa shape index (κ2) is 10.2. The van der Waals surface area contributed by atoms with Crippen LogP contribution in [-0.4, -0.2) is 71.3 Å². The number of benzene rings is 1. The molecule has 4 N–H and O–H groups in total. The fraction of sp³-hybridized carbons (Fsp3) is 0.474. The number of nitrogens with one attached hydrogen (secondary N) is 2. The Balaban J connectivity index is 1.76. The van der Waals surface area contributed by atoms with Gasteiger partial charge in [0.25, 0.3) is 5.91 Å². The first kappa shape index (κ1) is 24.1. The monoisotopic (exact) mass is 454 g/mol. The minimum absolute atomic E-state index is 0.0281. The maximum Gasteiger partial charge on any atom is 0.251 e. The molecule has 1 aliphatic rings. The van der Waals surface area contributed by atoms with Crippen LogP contribution >= 0.6 is 0 Å². The Bertz CT molecular complexity index is 955. The van der Waals surface area contributed by atoms with E-state index in [-0.39, 0.29) is 42.8 Å². The van der Waals surface area contributed by atoms with Crippen molar-refractivity contribution in [3.63, 3.8) is 0 Å². The van der Waals surface area contributed by atoms with E-state index in [1.165, 1.54) is 24.0 Å². The van der Waals surface area contributed by atoms with Crippen molar-refractivity contribution in [2.75, 3.05) is 13.1 Å². The van der Waals surface area contributed by atoms with E-state index in [0.717, 1.165) is 12.3 Å². The Labute approximate surface area is 181 Å². The van der Waals surface area contributed by atoms with Crippen molar-refractivity contribution < 1.29 is 33.0 Å². The van der Waals surface area contributed by atoms with Crippen LogP contribution in [0.2, 0.25) is 0 Å². The number of phenols is 2. The van der Waals surface area contributed by atoms with Crippen molar-refractivity contribution in [1.29, 1.82) is 0 Å². The van der Waals surface area contributed by atoms with Gasteiger partial charge in [-0.3, -0.25) is 14.4 Å². The first-order chi connectivity index (χ1) is 14.5. The highest BCUT2D eigenvalue weighted by Crippen LogP contribution is 2.25. The highest BCUT2D eigenvalue weighted by atomic mass is 32.2. The normalized spacial score (nSPS) is 18.0. The van der Waals surface area contributed by atoms with Crippen LogP contribution in [0.4, 0.5) is 0 Å². The number of thiol groups is 1. The molecule has 1 fully saturated rings. The Morgan fingerprint density at radius 3 is 2.61 bits per heavy atom. The smallest absolute Gasteiger partial charge is 0.251 e. The van der Waals surface area contributed by atoms with E-state index < -0.39 is 33.0 Å². The zero-order valence-corrected chi connectivity index (χ0v) is 18.1. The molecule has 1 aromatic rings. The molecule has 12 heteroatoms. The summed E-state index contributed by atoms with van der Waals surface area (Å²) >= 11 is 0. The molecule has 1 aliphatic heterocycles. The van der Waals surface area contributed by atoms with E-state index in [2.05, 4.69) is 15.8 Å². The second-order valence-electron chi connectivity index (χ2n) is 7.55. The van der Waals surface area contributed by atoms with Crippen molar-refractivity contribution >= 4 is 34.6 Å². The van der Waals surface area contributed by atoms with E-state index in [9.17, 15) is 33.0 Å². The number of phenolic OH excluding ortho intramolecular Hbond substituents is 2. The van der Waals surface area contributed by atoms with E-state index in [1.54, 1.807) is 0 Å². The van der Waals surface area contributed by atoms with Gasteiger partial charge in [-0.2, -0.15) is 5.10 Å². The third kappa shape index (κ3) is 6.41. The summed E-state index contributed by atoms with van der Waals surface area (Å²) in [6.45, 7) is 3.38. The topological polar surface area (TPSA) is 165 Å². The summed E-state index contributed by atoms with van der Waals surface area (Å²) in [5.74, 6) is -1.82. The first-order valence-electron chi connectivity index (χ1n) is 9.60. The van der Waals surface area contributed by atoms with Gasteiger partial charge in [-0.1, -0.05) is 0 Å². The molecule has 1 saturated heterocycles. The zero-order chi connectivity index (χ0) is 23.2. The molecule has 0 saturated carbocycles. The summed E-state index contributed by atoms with van der Waals surface area (Å²) in [6, 6.07) is 3.62. The molecule has 3 amide bonds. The van der Waals surface area contributed by atoms with Crippen LogP contribution in [-0.2, 0) is 20.3 Å². The van der Waals surface area contributed by atoms with Gasteiger partial charge in [0.1, 0.15) is 4.75 Å². The quantitative estimate of drug-likeness (QED) is 0.0808. The number of rotatable bonds is 10. The molecule has 170 valence electrons. The minimum atomic E-state index is -2.94. The van der Waals surface area contributed by atoms with Gasteiger partial charge in [0.2, 0.25) is 11.8 Å². The van der Waals surface area contributed by atoms with Crippen molar-refractivity contribution in [1.82, 2.24) is 15.6 Å². The minimum Gasteiger partial charge on any atom is -0.504 e. The average Bonchev–Trinajstić information content (AvgIpc) is 2.71. The van der Waals surface area contributed by atoms with Crippen molar-refractivity contribution in [2.24, 2.45) is 5.10 Å². The molecule has 2 rings (SSSR count). The Kier molecular flexibility index (Phi) is 7.97. The zero-order valence-electron chi connectivity index (χ0n) is 17.2. The van der Waals surface area contributed by atoms with Crippen LogP contribution in [0.25, 0.3) is 0 Å². The molecule has 0 aliphatic carbocycles. The number of hydrogen-bond acceptors (Lipinski definition) is 8. The number of hydrazone groups is 1. The summed E-state index contributed by atoms with van der Waals surface area (Å²) < 4.78 is 21.9.